The first kappa shape index (κ1) is 15.7. The van der Waals surface area contributed by atoms with E-state index in [2.05, 4.69) is 10.3 Å². The molecule has 0 fully saturated rings. The average molecular weight is 268 g/mol. The maximum Gasteiger partial charge on any atom is 0.242 e. The third-order valence-electron chi connectivity index (χ3n) is 3.19. The van der Waals surface area contributed by atoms with E-state index >= 15 is 0 Å². The number of anilines is 1. The van der Waals surface area contributed by atoms with E-state index in [0.29, 0.717) is 18.7 Å². The van der Waals surface area contributed by atoms with Crippen LogP contribution in [0.15, 0.2) is 12.5 Å². The number of hydrogen-bond acceptors (Lipinski definition) is 4. The predicted molar refractivity (Wildman–Crippen MR) is 74.8 cm³/mol. The summed E-state index contributed by atoms with van der Waals surface area (Å²) in [7, 11) is 0. The van der Waals surface area contributed by atoms with E-state index < -0.39 is 6.04 Å². The van der Waals surface area contributed by atoms with Gasteiger partial charge in [0.15, 0.2) is 5.82 Å². The second kappa shape index (κ2) is 6.68. The molecule has 0 saturated carbocycles. The van der Waals surface area contributed by atoms with E-state index in [1.165, 1.54) is 0 Å². The molecule has 0 spiro atoms. The van der Waals surface area contributed by atoms with Crippen molar-refractivity contribution in [3.8, 4) is 0 Å². The van der Waals surface area contributed by atoms with Crippen molar-refractivity contribution in [2.24, 2.45) is 5.73 Å². The fraction of sp³-hybridized carbons (Fsp3) is 0.692. The molecule has 6 heteroatoms. The number of rotatable bonds is 7. The zero-order chi connectivity index (χ0) is 14.5. The third kappa shape index (κ3) is 4.33. The van der Waals surface area contributed by atoms with E-state index in [1.54, 1.807) is 12.5 Å². The van der Waals surface area contributed by atoms with Crippen molar-refractivity contribution in [1.82, 2.24) is 9.55 Å². The molecule has 0 aliphatic carbocycles. The number of carbonyl (C=O) groups excluding carboxylic acids is 1. The zero-order valence-corrected chi connectivity index (χ0v) is 11.9. The fourth-order valence-electron chi connectivity index (χ4n) is 1.78. The Balaban J connectivity index is 2.67. The molecule has 0 saturated heterocycles. The summed E-state index contributed by atoms with van der Waals surface area (Å²) in [6, 6.07) is -0.499. The number of hydrogen-bond donors (Lipinski definition) is 3. The highest BCUT2D eigenvalue weighted by Crippen LogP contribution is 2.20. The Morgan fingerprint density at radius 3 is 2.89 bits per heavy atom. The van der Waals surface area contributed by atoms with Gasteiger partial charge in [0.1, 0.15) is 0 Å². The largest absolute Gasteiger partial charge is 0.396 e. The van der Waals surface area contributed by atoms with Crippen molar-refractivity contribution in [2.75, 3.05) is 11.9 Å². The van der Waals surface area contributed by atoms with Gasteiger partial charge in [-0.2, -0.15) is 0 Å². The molecule has 0 bridgehead atoms. The van der Waals surface area contributed by atoms with Crippen LogP contribution in [0.25, 0.3) is 0 Å². The maximum atomic E-state index is 11.8. The number of imidazole rings is 1. The molecule has 0 radical (unpaired) electrons. The van der Waals surface area contributed by atoms with E-state index in [1.807, 2.05) is 25.3 Å². The summed E-state index contributed by atoms with van der Waals surface area (Å²) in [5.74, 6) is 0.273. The van der Waals surface area contributed by atoms with Crippen LogP contribution in [0.5, 0.6) is 0 Å². The van der Waals surface area contributed by atoms with E-state index in [0.717, 1.165) is 6.42 Å². The standard InChI is InChI=1S/C13H24N4O2/c1-4-5-10(14)12(19)16-11-8-17(9-15-11)13(2,3)6-7-18/h8-10,18H,4-7,14H2,1-3H3,(H,16,19). The molecule has 108 valence electrons. The van der Waals surface area contributed by atoms with E-state index in [-0.39, 0.29) is 18.1 Å². The van der Waals surface area contributed by atoms with Gasteiger partial charge in [0, 0.05) is 18.3 Å². The second-order valence-electron chi connectivity index (χ2n) is 5.34. The van der Waals surface area contributed by atoms with Gasteiger partial charge in [-0.1, -0.05) is 13.3 Å². The Bertz CT molecular complexity index is 415. The number of nitrogens with one attached hydrogen (secondary N) is 1. The molecule has 1 atom stereocenters. The van der Waals surface area contributed by atoms with Gasteiger partial charge >= 0.3 is 0 Å². The minimum absolute atomic E-state index is 0.105. The molecule has 6 nitrogen and oxygen atoms in total. The lowest BCUT2D eigenvalue weighted by Crippen LogP contribution is -2.35. The summed E-state index contributed by atoms with van der Waals surface area (Å²) >= 11 is 0. The van der Waals surface area contributed by atoms with Gasteiger partial charge < -0.3 is 20.7 Å². The summed E-state index contributed by atoms with van der Waals surface area (Å²) in [5, 5.41) is 11.7. The maximum absolute atomic E-state index is 11.8. The summed E-state index contributed by atoms with van der Waals surface area (Å²) in [6.07, 6.45) is 5.55. The van der Waals surface area contributed by atoms with Crippen LogP contribution in [0.4, 0.5) is 5.82 Å². The van der Waals surface area contributed by atoms with Gasteiger partial charge in [-0.05, 0) is 26.7 Å². The predicted octanol–water partition coefficient (Wildman–Crippen LogP) is 1.07. The lowest BCUT2D eigenvalue weighted by Gasteiger charge is -2.25. The van der Waals surface area contributed by atoms with E-state index in [9.17, 15) is 4.79 Å². The van der Waals surface area contributed by atoms with Crippen LogP contribution in [-0.4, -0.2) is 33.2 Å². The highest BCUT2D eigenvalue weighted by molar-refractivity contribution is 5.93. The Morgan fingerprint density at radius 1 is 1.63 bits per heavy atom. The van der Waals surface area contributed by atoms with Crippen LogP contribution in [-0.2, 0) is 10.3 Å². The van der Waals surface area contributed by atoms with Crippen molar-refractivity contribution >= 4 is 11.7 Å². The van der Waals surface area contributed by atoms with Crippen LogP contribution < -0.4 is 11.1 Å². The lowest BCUT2D eigenvalue weighted by atomic mass is 10.0. The number of aliphatic hydroxyl groups is 1. The Hall–Kier alpha value is -1.40. The van der Waals surface area contributed by atoms with Gasteiger partial charge in [-0.15, -0.1) is 0 Å². The van der Waals surface area contributed by atoms with Crippen molar-refractivity contribution in [2.45, 2.75) is 51.6 Å². The molecule has 0 aliphatic rings. The number of nitrogens with two attached hydrogens (primary N) is 1. The molecular formula is C13H24N4O2. The summed E-state index contributed by atoms with van der Waals surface area (Å²) < 4.78 is 1.88. The van der Waals surface area contributed by atoms with Gasteiger partial charge in [-0.25, -0.2) is 4.98 Å². The van der Waals surface area contributed by atoms with Crippen LogP contribution in [0.1, 0.15) is 40.0 Å². The van der Waals surface area contributed by atoms with Crippen molar-refractivity contribution in [3.63, 3.8) is 0 Å². The Kier molecular flexibility index (Phi) is 5.50. The molecule has 1 aromatic heterocycles. The normalized spacial score (nSPS) is 13.3. The number of carbonyl (C=O) groups is 1. The molecule has 1 unspecified atom stereocenters. The van der Waals surface area contributed by atoms with E-state index in [4.69, 9.17) is 10.8 Å². The minimum Gasteiger partial charge on any atom is -0.396 e. The number of aliphatic hydroxyl groups excluding tert-OH is 1. The van der Waals surface area contributed by atoms with Crippen LogP contribution >= 0.6 is 0 Å². The monoisotopic (exact) mass is 268 g/mol. The zero-order valence-electron chi connectivity index (χ0n) is 11.9. The van der Waals surface area contributed by atoms with Gasteiger partial charge in [-0.3, -0.25) is 4.79 Å². The smallest absolute Gasteiger partial charge is 0.242 e. The lowest BCUT2D eigenvalue weighted by molar-refractivity contribution is -0.117. The van der Waals surface area contributed by atoms with Gasteiger partial charge in [0.2, 0.25) is 5.91 Å². The molecule has 19 heavy (non-hydrogen) atoms. The average Bonchev–Trinajstić information content (AvgIpc) is 2.78. The fourth-order valence-corrected chi connectivity index (χ4v) is 1.78. The quantitative estimate of drug-likeness (QED) is 0.689. The van der Waals surface area contributed by atoms with Crippen molar-refractivity contribution < 1.29 is 9.90 Å². The molecule has 1 rings (SSSR count). The molecule has 0 aliphatic heterocycles. The van der Waals surface area contributed by atoms with Crippen LogP contribution in [0.3, 0.4) is 0 Å². The first-order chi connectivity index (χ1) is 8.90. The topological polar surface area (TPSA) is 93.2 Å². The summed E-state index contributed by atoms with van der Waals surface area (Å²) in [4.78, 5) is 15.9. The van der Waals surface area contributed by atoms with Crippen molar-refractivity contribution in [1.29, 1.82) is 0 Å². The number of nitrogens with zero attached hydrogens (tertiary/aromatic N) is 2. The SMILES string of the molecule is CCCC(N)C(=O)Nc1cn(C(C)(C)CCO)cn1. The molecule has 1 heterocycles. The molecule has 0 aromatic carbocycles. The minimum atomic E-state index is -0.499. The molecule has 4 N–H and O–H groups in total. The highest BCUT2D eigenvalue weighted by atomic mass is 16.3. The summed E-state index contributed by atoms with van der Waals surface area (Å²) in [5.41, 5.74) is 5.50. The van der Waals surface area contributed by atoms with Crippen LogP contribution in [0.2, 0.25) is 0 Å². The first-order valence-corrected chi connectivity index (χ1v) is 6.62. The van der Waals surface area contributed by atoms with Crippen LogP contribution in [0, 0.1) is 0 Å². The molecule has 1 aromatic rings. The Morgan fingerprint density at radius 2 is 2.32 bits per heavy atom. The van der Waals surface area contributed by atoms with Crippen molar-refractivity contribution in [3.05, 3.63) is 12.5 Å². The molecule has 1 amide bonds. The number of amides is 1. The second-order valence-corrected chi connectivity index (χ2v) is 5.34. The highest BCUT2D eigenvalue weighted by Gasteiger charge is 2.20. The third-order valence-corrected chi connectivity index (χ3v) is 3.19. The van der Waals surface area contributed by atoms with Gasteiger partial charge in [0.05, 0.1) is 12.4 Å². The number of aromatic nitrogens is 2. The first-order valence-electron chi connectivity index (χ1n) is 6.62. The summed E-state index contributed by atoms with van der Waals surface area (Å²) in [6.45, 7) is 6.09. The molecular weight excluding hydrogens is 244 g/mol. The Labute approximate surface area is 114 Å². The van der Waals surface area contributed by atoms with Gasteiger partial charge in [0.25, 0.3) is 0 Å².